The summed E-state index contributed by atoms with van der Waals surface area (Å²) in [6.45, 7) is 4.69. The highest BCUT2D eigenvalue weighted by atomic mass is 32.1. The molecule has 13 rings (SSSR count). The van der Waals surface area contributed by atoms with Gasteiger partial charge in [0.25, 0.3) is 0 Å². The van der Waals surface area contributed by atoms with Crippen LogP contribution < -0.4 is 9.89 Å². The summed E-state index contributed by atoms with van der Waals surface area (Å²) in [6, 6.07) is 68.4. The number of hydrogen-bond donors (Lipinski definition) is 0. The van der Waals surface area contributed by atoms with E-state index in [0.29, 0.717) is 17.5 Å². The van der Waals surface area contributed by atoms with Crippen molar-refractivity contribution >= 4 is 48.9 Å². The van der Waals surface area contributed by atoms with Gasteiger partial charge < -0.3 is 9.88 Å². The van der Waals surface area contributed by atoms with Gasteiger partial charge in [0.2, 0.25) is 0 Å². The van der Waals surface area contributed by atoms with Gasteiger partial charge in [0, 0.05) is 53.7 Å². The smallest absolute Gasteiger partial charge is 0.166 e. The molecule has 11 aromatic rings. The lowest BCUT2D eigenvalue weighted by molar-refractivity contribution is 0.661. The highest BCUT2D eigenvalue weighted by molar-refractivity contribution is 7.17. The SMILES string of the molecule is CC1(C)c2ccccc2-c2c1ccc1c2c2ccccc2n1-c1ccc(C2N=c3c(sc4ccccc34)=C(c3ccccc3)[N-]2)cc1-c1nc(-c2ccccc2)nc(-c2ccccc2)n1. The molecule has 7 heteroatoms. The number of rotatable bonds is 6. The number of nitrogens with zero attached hydrogens (tertiary/aromatic N) is 6. The predicted octanol–water partition coefficient (Wildman–Crippen LogP) is 13.4. The Labute approximate surface area is 379 Å². The number of thiophene rings is 1. The Hall–Kier alpha value is -8.00. The molecule has 4 heterocycles. The molecule has 0 N–H and O–H groups in total. The van der Waals surface area contributed by atoms with Crippen molar-refractivity contribution in [2.45, 2.75) is 25.4 Å². The molecule has 1 aliphatic carbocycles. The molecule has 8 aromatic carbocycles. The Balaban J connectivity index is 1.10. The maximum Gasteiger partial charge on any atom is 0.166 e. The standard InChI is InChI=1S/C58H39N6S/c1-58(2)43-27-15-12-24-39(43)49-44(58)31-33-47-50(49)40-25-13-16-28-45(40)64(47)46-32-30-38(56-59-51(35-18-6-3-7-19-35)53-52(60-56)41-26-14-17-29-48(41)65-53)34-42(46)57-62-54(36-20-8-4-9-21-36)61-55(63-57)37-22-10-5-11-23-37/h3-34,56H,1-2H3/q-1. The van der Waals surface area contributed by atoms with Crippen LogP contribution >= 0.6 is 11.3 Å². The van der Waals surface area contributed by atoms with Crippen LogP contribution in [0.2, 0.25) is 0 Å². The minimum absolute atomic E-state index is 0.140. The molecule has 3 aromatic heterocycles. The van der Waals surface area contributed by atoms with Gasteiger partial charge in [-0.15, -0.1) is 17.0 Å². The third kappa shape index (κ3) is 5.86. The van der Waals surface area contributed by atoms with Gasteiger partial charge >= 0.3 is 0 Å². The fraction of sp³-hybridized carbons (Fsp3) is 0.0690. The zero-order chi connectivity index (χ0) is 43.2. The lowest BCUT2D eigenvalue weighted by Crippen LogP contribution is -2.27. The maximum atomic E-state index is 5.49. The molecule has 0 amide bonds. The average molecular weight is 852 g/mol. The average Bonchev–Trinajstić information content (AvgIpc) is 3.99. The number of hydrogen-bond acceptors (Lipinski definition) is 5. The van der Waals surface area contributed by atoms with E-state index in [2.05, 4.69) is 176 Å². The zero-order valence-electron chi connectivity index (χ0n) is 35.6. The third-order valence-electron chi connectivity index (χ3n) is 13.2. The molecule has 308 valence electrons. The van der Waals surface area contributed by atoms with Crippen LogP contribution in [0.25, 0.3) is 93.9 Å². The van der Waals surface area contributed by atoms with Gasteiger partial charge in [-0.25, -0.2) is 15.0 Å². The number of para-hydroxylation sites is 1. The largest absolute Gasteiger partial charge is 0.658 e. The van der Waals surface area contributed by atoms with E-state index in [9.17, 15) is 0 Å². The van der Waals surface area contributed by atoms with Crippen molar-refractivity contribution in [1.82, 2.24) is 19.5 Å². The third-order valence-corrected chi connectivity index (χ3v) is 14.4. The summed E-state index contributed by atoms with van der Waals surface area (Å²) in [4.78, 5) is 21.3. The van der Waals surface area contributed by atoms with E-state index in [4.69, 9.17) is 25.3 Å². The van der Waals surface area contributed by atoms with Crippen LogP contribution in [-0.4, -0.2) is 19.5 Å². The van der Waals surface area contributed by atoms with Crippen LogP contribution in [0.3, 0.4) is 0 Å². The molecular weight excluding hydrogens is 813 g/mol. The first-order valence-electron chi connectivity index (χ1n) is 22.0. The van der Waals surface area contributed by atoms with E-state index in [1.807, 2.05) is 36.4 Å². The fourth-order valence-electron chi connectivity index (χ4n) is 10.1. The topological polar surface area (TPSA) is 70.1 Å². The molecule has 0 radical (unpaired) electrons. The normalized spacial score (nSPS) is 14.8. The molecular formula is C58H39N6S-. The molecule has 0 saturated carbocycles. The predicted molar refractivity (Wildman–Crippen MR) is 266 cm³/mol. The van der Waals surface area contributed by atoms with Gasteiger partial charge in [-0.1, -0.05) is 178 Å². The minimum Gasteiger partial charge on any atom is -0.658 e. The second-order valence-corrected chi connectivity index (χ2v) is 18.4. The van der Waals surface area contributed by atoms with Crippen molar-refractivity contribution in [3.8, 4) is 51.0 Å². The van der Waals surface area contributed by atoms with Crippen LogP contribution in [0.4, 0.5) is 0 Å². The molecule has 2 aliphatic rings. The molecule has 0 saturated heterocycles. The quantitative estimate of drug-likeness (QED) is 0.167. The van der Waals surface area contributed by atoms with E-state index in [0.717, 1.165) is 65.5 Å². The highest BCUT2D eigenvalue weighted by Crippen LogP contribution is 2.53. The van der Waals surface area contributed by atoms with E-state index >= 15 is 0 Å². The summed E-state index contributed by atoms with van der Waals surface area (Å²) in [6.07, 6.45) is -0.521. The van der Waals surface area contributed by atoms with Crippen molar-refractivity contribution in [2.24, 2.45) is 4.99 Å². The Morgan fingerprint density at radius 3 is 1.88 bits per heavy atom. The van der Waals surface area contributed by atoms with Crippen molar-refractivity contribution in [2.75, 3.05) is 0 Å². The number of fused-ring (bicyclic) bond motifs is 10. The summed E-state index contributed by atoms with van der Waals surface area (Å²) in [7, 11) is 0. The van der Waals surface area contributed by atoms with E-state index < -0.39 is 6.17 Å². The van der Waals surface area contributed by atoms with E-state index in [1.54, 1.807) is 11.3 Å². The highest BCUT2D eigenvalue weighted by Gasteiger charge is 2.37. The Bertz CT molecular complexity index is 3780. The van der Waals surface area contributed by atoms with Crippen LogP contribution in [0.15, 0.2) is 199 Å². The van der Waals surface area contributed by atoms with Gasteiger partial charge in [-0.05, 0) is 63.7 Å². The van der Waals surface area contributed by atoms with E-state index in [-0.39, 0.29) is 5.41 Å². The molecule has 6 nitrogen and oxygen atoms in total. The lowest BCUT2D eigenvalue weighted by Gasteiger charge is -2.35. The summed E-state index contributed by atoms with van der Waals surface area (Å²) in [5.74, 6) is 1.77. The second kappa shape index (κ2) is 14.5. The van der Waals surface area contributed by atoms with Crippen molar-refractivity contribution in [3.63, 3.8) is 0 Å². The first-order chi connectivity index (χ1) is 32.0. The minimum atomic E-state index is -0.521. The summed E-state index contributed by atoms with van der Waals surface area (Å²) < 4.78 is 4.69. The molecule has 0 bridgehead atoms. The Morgan fingerprint density at radius 1 is 0.523 bits per heavy atom. The molecule has 1 aliphatic heterocycles. The van der Waals surface area contributed by atoms with Crippen LogP contribution in [-0.2, 0) is 5.41 Å². The van der Waals surface area contributed by atoms with Gasteiger partial charge in [0.05, 0.1) is 22.1 Å². The zero-order valence-corrected chi connectivity index (χ0v) is 36.5. The van der Waals surface area contributed by atoms with Crippen LogP contribution in [0.5, 0.6) is 0 Å². The van der Waals surface area contributed by atoms with Gasteiger partial charge in [-0.2, -0.15) is 0 Å². The van der Waals surface area contributed by atoms with Crippen LogP contribution in [0, 0.1) is 0 Å². The van der Waals surface area contributed by atoms with Crippen molar-refractivity contribution < 1.29 is 0 Å². The molecule has 0 fully saturated rings. The fourth-order valence-corrected chi connectivity index (χ4v) is 11.3. The second-order valence-electron chi connectivity index (χ2n) is 17.3. The Morgan fingerprint density at radius 2 is 1.14 bits per heavy atom. The number of benzene rings is 8. The number of aromatic nitrogens is 4. The summed E-state index contributed by atoms with van der Waals surface area (Å²) in [5, 5.41) is 10.0. The summed E-state index contributed by atoms with van der Waals surface area (Å²) in [5.41, 5.74) is 14.0. The molecule has 65 heavy (non-hydrogen) atoms. The van der Waals surface area contributed by atoms with Gasteiger partial charge in [-0.3, -0.25) is 4.99 Å². The van der Waals surface area contributed by atoms with Gasteiger partial charge in [0.1, 0.15) is 0 Å². The maximum absolute atomic E-state index is 5.49. The monoisotopic (exact) mass is 851 g/mol. The first-order valence-corrected chi connectivity index (χ1v) is 22.9. The van der Waals surface area contributed by atoms with Gasteiger partial charge in [0.15, 0.2) is 17.5 Å². The molecule has 1 unspecified atom stereocenters. The van der Waals surface area contributed by atoms with Crippen molar-refractivity contribution in [1.29, 1.82) is 0 Å². The first kappa shape index (κ1) is 37.5. The summed E-state index contributed by atoms with van der Waals surface area (Å²) >= 11 is 1.75. The van der Waals surface area contributed by atoms with Crippen molar-refractivity contribution in [3.05, 3.63) is 232 Å². The van der Waals surface area contributed by atoms with Crippen LogP contribution in [0.1, 0.15) is 42.3 Å². The Kier molecular flexibility index (Phi) is 8.39. The lowest BCUT2D eigenvalue weighted by atomic mass is 9.82. The molecule has 0 spiro atoms. The van der Waals surface area contributed by atoms with E-state index in [1.165, 1.54) is 37.7 Å². The molecule has 1 atom stereocenters.